The molecule has 1 atom stereocenters. The van der Waals surface area contributed by atoms with Crippen LogP contribution < -0.4 is 10.1 Å². The number of benzene rings is 2. The minimum absolute atomic E-state index is 0.0623. The molecule has 0 saturated carbocycles. The van der Waals surface area contributed by atoms with Crippen LogP contribution >= 0.6 is 0 Å². The molecular weight excluding hydrogens is 388 g/mol. The topological polar surface area (TPSA) is 75.7 Å². The Kier molecular flexibility index (Phi) is 7.28. The summed E-state index contributed by atoms with van der Waals surface area (Å²) in [4.78, 5) is 12.8. The summed E-state index contributed by atoms with van der Waals surface area (Å²) in [6, 6.07) is 16.5. The van der Waals surface area contributed by atoms with Crippen LogP contribution in [0.5, 0.6) is 5.75 Å². The average molecular weight is 417 g/mol. The first-order valence-electron chi connectivity index (χ1n) is 9.96. The van der Waals surface area contributed by atoms with E-state index in [2.05, 4.69) is 17.4 Å². The van der Waals surface area contributed by atoms with Crippen LogP contribution in [0, 0.1) is 5.92 Å². The van der Waals surface area contributed by atoms with Gasteiger partial charge in [-0.1, -0.05) is 30.3 Å². The number of hydrogen-bond donors (Lipinski definition) is 1. The Bertz CT molecular complexity index is 898. The van der Waals surface area contributed by atoms with Crippen LogP contribution in [0.1, 0.15) is 24.8 Å². The van der Waals surface area contributed by atoms with Crippen LogP contribution in [-0.4, -0.2) is 45.4 Å². The van der Waals surface area contributed by atoms with Crippen LogP contribution in [0.15, 0.2) is 59.5 Å². The second-order valence-electron chi connectivity index (χ2n) is 7.26. The normalized spacial score (nSPS) is 17.6. The fraction of sp³-hybridized carbons (Fsp3) is 0.409. The number of amides is 1. The van der Waals surface area contributed by atoms with Crippen LogP contribution in [0.2, 0.25) is 0 Å². The van der Waals surface area contributed by atoms with Gasteiger partial charge in [0, 0.05) is 19.6 Å². The number of methoxy groups -OCH3 is 1. The second kappa shape index (κ2) is 9.89. The molecule has 1 N–H and O–H groups in total. The van der Waals surface area contributed by atoms with Gasteiger partial charge in [0.25, 0.3) is 0 Å². The molecule has 0 aromatic heterocycles. The third kappa shape index (κ3) is 5.58. The molecule has 0 aliphatic carbocycles. The van der Waals surface area contributed by atoms with E-state index in [-0.39, 0.29) is 23.3 Å². The lowest BCUT2D eigenvalue weighted by atomic mass is 9.99. The molecule has 1 aliphatic rings. The van der Waals surface area contributed by atoms with E-state index in [4.69, 9.17) is 4.74 Å². The van der Waals surface area contributed by atoms with E-state index in [0.717, 1.165) is 12.8 Å². The number of rotatable bonds is 8. The first-order valence-corrected chi connectivity index (χ1v) is 11.4. The predicted octanol–water partition coefficient (Wildman–Crippen LogP) is 2.84. The predicted molar refractivity (Wildman–Crippen MR) is 112 cm³/mol. The molecule has 0 bridgehead atoms. The number of nitrogens with zero attached hydrogens (tertiary/aromatic N) is 1. The van der Waals surface area contributed by atoms with E-state index in [1.54, 1.807) is 24.3 Å². The Morgan fingerprint density at radius 3 is 2.55 bits per heavy atom. The zero-order valence-electron chi connectivity index (χ0n) is 16.7. The number of sulfonamides is 1. The third-order valence-electron chi connectivity index (χ3n) is 5.24. The lowest BCUT2D eigenvalue weighted by Crippen LogP contribution is -2.45. The summed E-state index contributed by atoms with van der Waals surface area (Å²) in [6.45, 7) is 1.25. The minimum Gasteiger partial charge on any atom is -0.497 e. The first kappa shape index (κ1) is 21.3. The Morgan fingerprint density at radius 1 is 1.14 bits per heavy atom. The molecule has 29 heavy (non-hydrogen) atoms. The molecule has 6 nitrogen and oxygen atoms in total. The average Bonchev–Trinajstić information content (AvgIpc) is 2.77. The highest BCUT2D eigenvalue weighted by molar-refractivity contribution is 7.89. The molecule has 1 amide bonds. The Labute approximate surface area is 172 Å². The summed E-state index contributed by atoms with van der Waals surface area (Å²) in [7, 11) is -2.08. The van der Waals surface area contributed by atoms with Gasteiger partial charge in [-0.15, -0.1) is 0 Å². The van der Waals surface area contributed by atoms with Crippen molar-refractivity contribution in [3.63, 3.8) is 0 Å². The smallest absolute Gasteiger partial charge is 0.243 e. The largest absolute Gasteiger partial charge is 0.497 e. The van der Waals surface area contributed by atoms with Crippen molar-refractivity contribution in [3.05, 3.63) is 60.2 Å². The van der Waals surface area contributed by atoms with Crippen molar-refractivity contribution in [2.45, 2.75) is 30.6 Å². The van der Waals surface area contributed by atoms with Crippen LogP contribution in [0.3, 0.4) is 0 Å². The molecule has 0 spiro atoms. The molecule has 2 aromatic rings. The van der Waals surface area contributed by atoms with E-state index in [9.17, 15) is 13.2 Å². The quantitative estimate of drug-likeness (QED) is 0.672. The second-order valence-corrected chi connectivity index (χ2v) is 9.20. The van der Waals surface area contributed by atoms with Gasteiger partial charge in [-0.2, -0.15) is 4.31 Å². The van der Waals surface area contributed by atoms with E-state index in [1.165, 1.54) is 17.0 Å². The molecule has 1 heterocycles. The SMILES string of the molecule is COc1ccc(S(=O)(=O)N2CCC[C@H](C(=O)NCCCc3ccccc3)C2)cc1. The lowest BCUT2D eigenvalue weighted by molar-refractivity contribution is -0.126. The van der Waals surface area contributed by atoms with Crippen molar-refractivity contribution in [2.75, 3.05) is 26.7 Å². The maximum atomic E-state index is 12.9. The van der Waals surface area contributed by atoms with E-state index >= 15 is 0 Å². The highest BCUT2D eigenvalue weighted by Crippen LogP contribution is 2.25. The van der Waals surface area contributed by atoms with Gasteiger partial charge in [0.05, 0.1) is 17.9 Å². The van der Waals surface area contributed by atoms with Gasteiger partial charge in [-0.25, -0.2) is 8.42 Å². The molecule has 0 radical (unpaired) electrons. The van der Waals surface area contributed by atoms with Gasteiger partial charge in [-0.05, 0) is 55.5 Å². The Hall–Kier alpha value is -2.38. The van der Waals surface area contributed by atoms with Crippen LogP contribution in [-0.2, 0) is 21.2 Å². The summed E-state index contributed by atoms with van der Waals surface area (Å²) >= 11 is 0. The number of aryl methyl sites for hydroxylation is 1. The highest BCUT2D eigenvalue weighted by atomic mass is 32.2. The first-order chi connectivity index (χ1) is 14.0. The van der Waals surface area contributed by atoms with Crippen LogP contribution in [0.25, 0.3) is 0 Å². The van der Waals surface area contributed by atoms with Crippen molar-refractivity contribution in [1.29, 1.82) is 0 Å². The zero-order chi connectivity index (χ0) is 20.7. The van der Waals surface area contributed by atoms with Gasteiger partial charge in [0.1, 0.15) is 5.75 Å². The molecule has 2 aromatic carbocycles. The molecule has 3 rings (SSSR count). The lowest BCUT2D eigenvalue weighted by Gasteiger charge is -2.31. The van der Waals surface area contributed by atoms with Gasteiger partial charge < -0.3 is 10.1 Å². The number of piperidine rings is 1. The zero-order valence-corrected chi connectivity index (χ0v) is 17.5. The number of hydrogen-bond acceptors (Lipinski definition) is 4. The summed E-state index contributed by atoms with van der Waals surface area (Å²) < 4.78 is 32.4. The number of nitrogens with one attached hydrogen (secondary N) is 1. The molecule has 7 heteroatoms. The van der Waals surface area contributed by atoms with E-state index < -0.39 is 10.0 Å². The van der Waals surface area contributed by atoms with E-state index in [0.29, 0.717) is 31.7 Å². The van der Waals surface area contributed by atoms with Crippen molar-refractivity contribution in [1.82, 2.24) is 9.62 Å². The maximum Gasteiger partial charge on any atom is 0.243 e. The highest BCUT2D eigenvalue weighted by Gasteiger charge is 2.33. The third-order valence-corrected chi connectivity index (χ3v) is 7.12. The number of carbonyl (C=O) groups excluding carboxylic acids is 1. The monoisotopic (exact) mass is 416 g/mol. The molecule has 156 valence electrons. The summed E-state index contributed by atoms with van der Waals surface area (Å²) in [5.41, 5.74) is 1.25. The molecule has 1 saturated heterocycles. The van der Waals surface area contributed by atoms with Crippen molar-refractivity contribution >= 4 is 15.9 Å². The fourth-order valence-corrected chi connectivity index (χ4v) is 5.09. The maximum absolute atomic E-state index is 12.9. The molecule has 0 unspecified atom stereocenters. The summed E-state index contributed by atoms with van der Waals surface area (Å²) in [6.07, 6.45) is 3.15. The minimum atomic E-state index is -3.62. The fourth-order valence-electron chi connectivity index (χ4n) is 3.56. The van der Waals surface area contributed by atoms with Crippen molar-refractivity contribution in [3.8, 4) is 5.75 Å². The Balaban J connectivity index is 1.52. The van der Waals surface area contributed by atoms with Gasteiger partial charge in [0.15, 0.2) is 0 Å². The Morgan fingerprint density at radius 2 is 1.86 bits per heavy atom. The van der Waals surface area contributed by atoms with Gasteiger partial charge in [0.2, 0.25) is 15.9 Å². The summed E-state index contributed by atoms with van der Waals surface area (Å²) in [5.74, 6) is 0.233. The van der Waals surface area contributed by atoms with Crippen molar-refractivity contribution < 1.29 is 17.9 Å². The van der Waals surface area contributed by atoms with Crippen LogP contribution in [0.4, 0.5) is 0 Å². The molecular formula is C22H28N2O4S. The van der Waals surface area contributed by atoms with Gasteiger partial charge >= 0.3 is 0 Å². The molecule has 1 aliphatic heterocycles. The van der Waals surface area contributed by atoms with Crippen molar-refractivity contribution in [2.24, 2.45) is 5.92 Å². The standard InChI is InChI=1S/C22H28N2O4S/c1-28-20-11-13-21(14-12-20)29(26,27)24-16-6-10-19(17-24)22(25)23-15-5-9-18-7-3-2-4-8-18/h2-4,7-8,11-14,19H,5-6,9-10,15-17H2,1H3,(H,23,25)/t19-/m0/s1. The molecule has 1 fully saturated rings. The number of ether oxygens (including phenoxy) is 1. The summed E-state index contributed by atoms with van der Waals surface area (Å²) in [5, 5.41) is 2.97. The van der Waals surface area contributed by atoms with Gasteiger partial charge in [-0.3, -0.25) is 4.79 Å². The number of carbonyl (C=O) groups is 1. The van der Waals surface area contributed by atoms with E-state index in [1.807, 2.05) is 18.2 Å².